The van der Waals surface area contributed by atoms with E-state index in [1.165, 1.54) is 17.7 Å². The Balaban J connectivity index is 0.000000138. The lowest BCUT2D eigenvalue weighted by Gasteiger charge is -2.31. The molecule has 2 atom stereocenters. The van der Waals surface area contributed by atoms with Gasteiger partial charge in [-0.2, -0.15) is 33.9 Å². The van der Waals surface area contributed by atoms with Crippen molar-refractivity contribution in [2.24, 2.45) is 38.9 Å². The summed E-state index contributed by atoms with van der Waals surface area (Å²) in [4.78, 5) is 80.8. The number of hydrogen-bond donors (Lipinski definition) is 2. The normalized spacial score (nSPS) is 13.3. The molecule has 1 saturated heterocycles. The Labute approximate surface area is 846 Å². The molecule has 8 aromatic heterocycles. The van der Waals surface area contributed by atoms with Crippen LogP contribution in [0.1, 0.15) is 59.7 Å². The molecule has 3 aliphatic rings. The number of halogens is 1. The molecule has 0 spiro atoms. The highest BCUT2D eigenvalue weighted by atomic mass is 35.5. The van der Waals surface area contributed by atoms with Crippen LogP contribution in [0, 0.1) is 0 Å². The number of nitrogens with one attached hydrogen (secondary N) is 1. The number of likely N-dealkylation sites (tertiary alicyclic amines) is 1. The summed E-state index contributed by atoms with van der Waals surface area (Å²) in [6, 6.07) is 55.1. The standard InChI is InChI=1S/C32H30N6O4.C28H33ClN6O2.C24H25N7O2.C23H26N6O2.H2S/c1-36-20-21(18-34-36)30-19-33-28-11-10-22(16-29(28)35-30)37(23-14-24(41-2)17-25(15-23)42-3)12-6-7-13-38-31(39)26-8-4-5-9-27(26)32(38)40;1-33-19-20(17-31-33)28-18-30-26-8-7-21(14-27(26)32-28)35(11-5-10-34-9-4-6-22(34)16-29)23-12-24(36-2)15-25(13-23)37-3;1-30-14-16(12-28-30)23-13-27-21-5-4-17(10-22(21)29-23)31(15-24-25-6-7-26-24)18-8-19(32-2)11-20(9-18)33-3;1-15(11-24)29(18-7-19(30-3)10-20(8-18)31-4)17-5-6-21-22(9-17)27-23(13-25-21)16-12-26-28(2)14-16;/h4-5,8-11,14-20H,6-7,12-13H2,1-3H3;7-8,12-15,17-19,22H,4-6,9-11,16H2,1-3H3;4-5,8-14H,6-7,15H2,1-3H3,(H,25,26);5-10,12-15H,11,24H2,1-4H3;1H2/t;22-;;15-;/m.0.0./s1. The van der Waals surface area contributed by atoms with E-state index < -0.39 is 0 Å². The van der Waals surface area contributed by atoms with Crippen molar-refractivity contribution in [3.63, 3.8) is 0 Å². The summed E-state index contributed by atoms with van der Waals surface area (Å²) in [5.41, 5.74) is 27.8. The number of benzene rings is 9. The van der Waals surface area contributed by atoms with Gasteiger partial charge in [-0.05, 0) is 131 Å². The van der Waals surface area contributed by atoms with Crippen LogP contribution in [0.15, 0.2) is 249 Å². The molecule has 742 valence electrons. The molecule has 0 unspecified atom stereocenters. The van der Waals surface area contributed by atoms with E-state index in [1.54, 1.807) is 149 Å². The first-order valence-corrected chi connectivity index (χ1v) is 47.5. The van der Waals surface area contributed by atoms with Crippen molar-refractivity contribution in [2.75, 3.05) is 141 Å². The van der Waals surface area contributed by atoms with E-state index in [4.69, 9.17) is 75.2 Å². The number of nitrogens with zero attached hydrogens (tertiary/aromatic N) is 23. The van der Waals surface area contributed by atoms with E-state index in [2.05, 4.69) is 94.2 Å². The van der Waals surface area contributed by atoms with Crippen LogP contribution in [-0.4, -0.2) is 240 Å². The van der Waals surface area contributed by atoms with Crippen LogP contribution in [0.5, 0.6) is 46.0 Å². The molecule has 3 N–H and O–H groups in total. The number of carbonyl (C=O) groups is 2. The van der Waals surface area contributed by atoms with Crippen molar-refractivity contribution in [1.29, 1.82) is 0 Å². The minimum atomic E-state index is -0.234. The molecule has 0 saturated carbocycles. The van der Waals surface area contributed by atoms with Crippen molar-refractivity contribution in [3.8, 4) is 91.0 Å². The maximum atomic E-state index is 12.8. The first-order chi connectivity index (χ1) is 69.7. The van der Waals surface area contributed by atoms with Crippen LogP contribution in [0.4, 0.5) is 45.5 Å². The van der Waals surface area contributed by atoms with Gasteiger partial charge in [-0.1, -0.05) is 12.1 Å². The molecule has 3 aliphatic heterocycles. The number of amidine groups is 1. The fourth-order valence-corrected chi connectivity index (χ4v) is 17.9. The number of unbranched alkanes of at least 4 members (excludes halogenated alkanes) is 1. The Morgan fingerprint density at radius 1 is 0.410 bits per heavy atom. The van der Waals surface area contributed by atoms with Gasteiger partial charge >= 0.3 is 0 Å². The number of aromatic nitrogens is 16. The van der Waals surface area contributed by atoms with Gasteiger partial charge < -0.3 is 68.5 Å². The van der Waals surface area contributed by atoms with Crippen LogP contribution in [0.3, 0.4) is 0 Å². The van der Waals surface area contributed by atoms with Crippen LogP contribution in [0.2, 0.25) is 0 Å². The fraction of sp³-hybridized carbons (Fsp3) is 0.280. The van der Waals surface area contributed by atoms with E-state index in [0.717, 1.165) is 203 Å². The molecule has 35 nitrogen and oxygen atoms in total. The Kier molecular flexibility index (Phi) is 32.6. The van der Waals surface area contributed by atoms with E-state index in [9.17, 15) is 9.59 Å². The average Bonchev–Trinajstić information content (AvgIpc) is 1.67. The van der Waals surface area contributed by atoms with Gasteiger partial charge in [0, 0.05) is 251 Å². The van der Waals surface area contributed by atoms with E-state index in [1.807, 2.05) is 186 Å². The van der Waals surface area contributed by atoms with Crippen LogP contribution in [-0.2, 0) is 28.2 Å². The molecule has 9 aromatic carbocycles. The second kappa shape index (κ2) is 46.6. The second-order valence-corrected chi connectivity index (χ2v) is 34.9. The Hall–Kier alpha value is -16.1. The van der Waals surface area contributed by atoms with Crippen molar-refractivity contribution < 1.29 is 47.5 Å². The number of rotatable bonds is 34. The SMILES string of the molecule is COc1cc(OC)cc(N(CC2=NCCN2)c2ccc3ncc(-c4cnn(C)c4)nc3c2)c1.COc1cc(OC)cc(N(CCCCN2C(=O)c3ccccc3C2=O)c2ccc3ncc(-c4cnn(C)c4)nc3c2)c1.COc1cc(OC)cc(N(CCCN2CCC[C@H]2CCl)c2ccc3ncc(-c4cnn(C)c4)nc3c2)c1.COc1cc(OC)cc(N(c2ccc3ncc(-c4cnn(C)c4)nc3c2)[C@@H](C)CN)c1.S. The highest BCUT2D eigenvalue weighted by Crippen LogP contribution is 2.42. The summed E-state index contributed by atoms with van der Waals surface area (Å²) < 4.78 is 51.2. The van der Waals surface area contributed by atoms with Gasteiger partial charge in [0.05, 0.1) is 198 Å². The quantitative estimate of drug-likeness (QED) is 0.0215. The zero-order chi connectivity index (χ0) is 99.7. The topological polar surface area (TPSA) is 352 Å². The predicted molar refractivity (Wildman–Crippen MR) is 568 cm³/mol. The number of nitrogens with two attached hydrogens (primary N) is 1. The van der Waals surface area contributed by atoms with Gasteiger partial charge in [0.25, 0.3) is 11.8 Å². The highest BCUT2D eigenvalue weighted by Gasteiger charge is 2.35. The third kappa shape index (κ3) is 23.6. The number of fused-ring (bicyclic) bond motifs is 5. The molecule has 0 aliphatic carbocycles. The minimum Gasteiger partial charge on any atom is -0.497 e. The van der Waals surface area contributed by atoms with Crippen molar-refractivity contribution in [2.45, 2.75) is 51.1 Å². The number of aryl methyl sites for hydroxylation is 4. The Morgan fingerprint density at radius 2 is 0.757 bits per heavy atom. The average molecular weight is 1980 g/mol. The van der Waals surface area contributed by atoms with Crippen molar-refractivity contribution in [3.05, 3.63) is 255 Å². The largest absolute Gasteiger partial charge is 0.497 e. The number of carbonyl (C=O) groups excluding carboxylic acids is 2. The van der Waals surface area contributed by atoms with Gasteiger partial charge in [-0.25, -0.2) is 19.9 Å². The van der Waals surface area contributed by atoms with Crippen molar-refractivity contribution in [1.82, 2.24) is 94.1 Å². The third-order valence-electron chi connectivity index (χ3n) is 25.1. The second-order valence-electron chi connectivity index (χ2n) is 34.6. The maximum absolute atomic E-state index is 12.8. The molecule has 144 heavy (non-hydrogen) atoms. The van der Waals surface area contributed by atoms with E-state index in [0.29, 0.717) is 85.1 Å². The lowest BCUT2D eigenvalue weighted by atomic mass is 10.1. The monoisotopic (exact) mass is 1980 g/mol. The molecule has 2 amide bonds. The summed E-state index contributed by atoms with van der Waals surface area (Å²) in [7, 11) is 20.7. The predicted octanol–water partition coefficient (Wildman–Crippen LogP) is 17.4. The maximum Gasteiger partial charge on any atom is 0.261 e. The third-order valence-corrected chi connectivity index (χ3v) is 25.5. The van der Waals surface area contributed by atoms with Gasteiger partial charge in [0.2, 0.25) is 0 Å². The smallest absolute Gasteiger partial charge is 0.261 e. The number of methoxy groups -OCH3 is 8. The summed E-state index contributed by atoms with van der Waals surface area (Å²) in [5, 5.41) is 20.4. The number of alkyl halides is 1. The molecule has 17 aromatic rings. The lowest BCUT2D eigenvalue weighted by Crippen LogP contribution is -2.34. The molecule has 11 heterocycles. The van der Waals surface area contributed by atoms with Gasteiger partial charge in [0.1, 0.15) is 51.8 Å². The number of imide groups is 1. The summed E-state index contributed by atoms with van der Waals surface area (Å²) in [6.45, 7) is 8.67. The number of anilines is 8. The number of aliphatic imine (C=N–C) groups is 1. The van der Waals surface area contributed by atoms with Crippen LogP contribution >= 0.6 is 25.1 Å². The first kappa shape index (κ1) is 101. The van der Waals surface area contributed by atoms with E-state index >= 15 is 0 Å². The molecule has 0 radical (unpaired) electrons. The number of ether oxygens (including phenoxy) is 8. The van der Waals surface area contributed by atoms with Crippen molar-refractivity contribution >= 4 is 132 Å². The summed E-state index contributed by atoms with van der Waals surface area (Å²) in [5.74, 6) is 6.86. The fourth-order valence-electron chi connectivity index (χ4n) is 17.6. The van der Waals surface area contributed by atoms with Gasteiger partial charge in [-0.15, -0.1) is 11.6 Å². The Morgan fingerprint density at radius 3 is 1.10 bits per heavy atom. The molecule has 37 heteroatoms. The minimum absolute atomic E-state index is 0. The summed E-state index contributed by atoms with van der Waals surface area (Å²) >= 11 is 6.22. The zero-order valence-electron chi connectivity index (χ0n) is 82.7. The lowest BCUT2D eigenvalue weighted by molar-refractivity contribution is 0.0651. The van der Waals surface area contributed by atoms with Gasteiger partial charge in [0.15, 0.2) is 0 Å². The first-order valence-electron chi connectivity index (χ1n) is 47.0. The molecular weight excluding hydrogens is 1860 g/mol. The highest BCUT2D eigenvalue weighted by molar-refractivity contribution is 7.59. The van der Waals surface area contributed by atoms with Gasteiger partial charge in [-0.3, -0.25) is 63.0 Å². The molecular formula is C107H116ClN25O10S. The molecule has 20 rings (SSSR count). The number of amides is 2. The zero-order valence-corrected chi connectivity index (χ0v) is 84.4. The van der Waals surface area contributed by atoms with Crippen LogP contribution < -0.4 is 68.5 Å². The molecule has 1 fully saturated rings. The van der Waals surface area contributed by atoms with Crippen LogP contribution in [0.25, 0.3) is 89.2 Å². The summed E-state index contributed by atoms with van der Waals surface area (Å²) in [6.07, 6.45) is 26.7. The Bertz CT molecular complexity index is 7300. The van der Waals surface area contributed by atoms with E-state index in [-0.39, 0.29) is 31.4 Å². The number of hydrogen-bond acceptors (Lipinski definition) is 30. The molecule has 0 bridgehead atoms.